The van der Waals surface area contributed by atoms with Crippen molar-refractivity contribution in [3.63, 3.8) is 0 Å². The van der Waals surface area contributed by atoms with Gasteiger partial charge in [0, 0.05) is 11.6 Å². The maximum absolute atomic E-state index is 12.2. The number of carbonyl (C=O) groups is 2. The fourth-order valence-electron chi connectivity index (χ4n) is 1.66. The van der Waals surface area contributed by atoms with Crippen LogP contribution in [0.25, 0.3) is 0 Å². The Hall–Kier alpha value is -2.35. The summed E-state index contributed by atoms with van der Waals surface area (Å²) < 4.78 is 0. The van der Waals surface area contributed by atoms with Gasteiger partial charge in [0.05, 0.1) is 17.9 Å². The van der Waals surface area contributed by atoms with Crippen LogP contribution < -0.4 is 5.32 Å². The molecule has 0 saturated carbocycles. The highest BCUT2D eigenvalue weighted by molar-refractivity contribution is 7.09. The van der Waals surface area contributed by atoms with Crippen LogP contribution >= 0.6 is 11.3 Å². The summed E-state index contributed by atoms with van der Waals surface area (Å²) in [6, 6.07) is 0. The molecule has 0 bridgehead atoms. The molecule has 2 aromatic rings. The predicted octanol–water partition coefficient (Wildman–Crippen LogP) is 1.69. The molecule has 0 aliphatic carbocycles. The number of aromatic nitrogens is 3. The second kappa shape index (κ2) is 5.96. The SMILES string of the molecule is CCC(C)(NC(=O)c1cnc(C(=O)O)cn1)c1nccs1. The van der Waals surface area contributed by atoms with Gasteiger partial charge in [-0.3, -0.25) is 4.79 Å². The van der Waals surface area contributed by atoms with Crippen molar-refractivity contribution in [3.8, 4) is 0 Å². The van der Waals surface area contributed by atoms with Crippen molar-refractivity contribution in [2.75, 3.05) is 0 Å². The number of hydrogen-bond acceptors (Lipinski definition) is 6. The Labute approximate surface area is 125 Å². The second-order valence-corrected chi connectivity index (χ2v) is 5.46. The van der Waals surface area contributed by atoms with Crippen molar-refractivity contribution in [1.82, 2.24) is 20.3 Å². The van der Waals surface area contributed by atoms with E-state index >= 15 is 0 Å². The van der Waals surface area contributed by atoms with E-state index in [4.69, 9.17) is 5.11 Å². The summed E-state index contributed by atoms with van der Waals surface area (Å²) in [5.74, 6) is -1.60. The van der Waals surface area contributed by atoms with Crippen molar-refractivity contribution in [2.45, 2.75) is 25.8 Å². The van der Waals surface area contributed by atoms with Crippen LogP contribution in [0.3, 0.4) is 0 Å². The van der Waals surface area contributed by atoms with E-state index < -0.39 is 17.4 Å². The number of nitrogens with one attached hydrogen (secondary N) is 1. The maximum atomic E-state index is 12.2. The maximum Gasteiger partial charge on any atom is 0.356 e. The van der Waals surface area contributed by atoms with Gasteiger partial charge in [-0.1, -0.05) is 6.92 Å². The Morgan fingerprint density at radius 3 is 2.43 bits per heavy atom. The summed E-state index contributed by atoms with van der Waals surface area (Å²) in [6.07, 6.45) is 4.55. The van der Waals surface area contributed by atoms with E-state index in [1.807, 2.05) is 19.2 Å². The zero-order valence-electron chi connectivity index (χ0n) is 11.5. The van der Waals surface area contributed by atoms with Crippen LogP contribution in [0.15, 0.2) is 24.0 Å². The number of amides is 1. The Kier molecular flexibility index (Phi) is 4.27. The zero-order chi connectivity index (χ0) is 15.5. The summed E-state index contributed by atoms with van der Waals surface area (Å²) >= 11 is 1.46. The molecule has 2 rings (SSSR count). The van der Waals surface area contributed by atoms with Crippen molar-refractivity contribution in [2.24, 2.45) is 0 Å². The van der Waals surface area contributed by atoms with E-state index in [-0.39, 0.29) is 11.4 Å². The van der Waals surface area contributed by atoms with Crippen LogP contribution in [0.5, 0.6) is 0 Å². The van der Waals surface area contributed by atoms with Crippen molar-refractivity contribution >= 4 is 23.2 Å². The smallest absolute Gasteiger partial charge is 0.356 e. The minimum Gasteiger partial charge on any atom is -0.476 e. The first-order chi connectivity index (χ1) is 9.96. The van der Waals surface area contributed by atoms with Gasteiger partial charge in [-0.05, 0) is 13.3 Å². The molecule has 1 atom stereocenters. The van der Waals surface area contributed by atoms with Gasteiger partial charge in [0.1, 0.15) is 10.7 Å². The Balaban J connectivity index is 2.18. The topological polar surface area (TPSA) is 105 Å². The van der Waals surface area contributed by atoms with Gasteiger partial charge in [0.2, 0.25) is 0 Å². The van der Waals surface area contributed by atoms with Crippen molar-refractivity contribution in [1.29, 1.82) is 0 Å². The molecule has 8 heteroatoms. The van der Waals surface area contributed by atoms with Gasteiger partial charge < -0.3 is 10.4 Å². The predicted molar refractivity (Wildman–Crippen MR) is 76.2 cm³/mol. The summed E-state index contributed by atoms with van der Waals surface area (Å²) in [5, 5.41) is 14.3. The highest BCUT2D eigenvalue weighted by Gasteiger charge is 2.30. The number of carbonyl (C=O) groups excluding carboxylic acids is 1. The lowest BCUT2D eigenvalue weighted by atomic mass is 9.99. The molecule has 0 aromatic carbocycles. The fraction of sp³-hybridized carbons (Fsp3) is 0.308. The number of thiazole rings is 1. The van der Waals surface area contributed by atoms with E-state index in [2.05, 4.69) is 20.3 Å². The number of hydrogen-bond donors (Lipinski definition) is 2. The third-order valence-corrected chi connectivity index (χ3v) is 4.14. The van der Waals surface area contributed by atoms with Gasteiger partial charge in [-0.2, -0.15) is 0 Å². The van der Waals surface area contributed by atoms with E-state index in [0.29, 0.717) is 6.42 Å². The Morgan fingerprint density at radius 2 is 1.95 bits per heavy atom. The van der Waals surface area contributed by atoms with Gasteiger partial charge in [0.15, 0.2) is 5.69 Å². The number of aromatic carboxylic acids is 1. The molecule has 7 nitrogen and oxygen atoms in total. The molecule has 0 fully saturated rings. The van der Waals surface area contributed by atoms with E-state index in [9.17, 15) is 9.59 Å². The number of carboxylic acid groups (broad SMARTS) is 1. The molecule has 1 amide bonds. The summed E-state index contributed by atoms with van der Waals surface area (Å²) in [6.45, 7) is 3.82. The fourth-order valence-corrected chi connectivity index (χ4v) is 2.49. The van der Waals surface area contributed by atoms with Gasteiger partial charge in [0.25, 0.3) is 5.91 Å². The molecule has 110 valence electrons. The molecule has 0 saturated heterocycles. The van der Waals surface area contributed by atoms with Crippen LogP contribution in [-0.4, -0.2) is 31.9 Å². The highest BCUT2D eigenvalue weighted by Crippen LogP contribution is 2.26. The molecule has 2 N–H and O–H groups in total. The number of carboxylic acids is 1. The average molecular weight is 306 g/mol. The Morgan fingerprint density at radius 1 is 1.29 bits per heavy atom. The van der Waals surface area contributed by atoms with E-state index in [1.54, 1.807) is 6.20 Å². The Bertz CT molecular complexity index is 642. The normalized spacial score (nSPS) is 13.4. The molecule has 2 aromatic heterocycles. The summed E-state index contributed by atoms with van der Waals surface area (Å²) in [7, 11) is 0. The summed E-state index contributed by atoms with van der Waals surface area (Å²) in [5.41, 5.74) is -0.737. The van der Waals surface area contributed by atoms with Crippen LogP contribution in [0.2, 0.25) is 0 Å². The molecule has 21 heavy (non-hydrogen) atoms. The molecular formula is C13H14N4O3S. The summed E-state index contributed by atoms with van der Waals surface area (Å²) in [4.78, 5) is 34.7. The van der Waals surface area contributed by atoms with Crippen molar-refractivity contribution < 1.29 is 14.7 Å². The van der Waals surface area contributed by atoms with Gasteiger partial charge in [-0.25, -0.2) is 19.7 Å². The van der Waals surface area contributed by atoms with E-state index in [1.165, 1.54) is 11.3 Å². The van der Waals surface area contributed by atoms with Crippen LogP contribution in [0.1, 0.15) is 46.3 Å². The molecule has 0 aliphatic heterocycles. The standard InChI is InChI=1S/C13H14N4O3S/c1-3-13(2,12-14-4-5-21-12)17-10(18)8-6-16-9(7-15-8)11(19)20/h4-7H,3H2,1-2H3,(H,17,18)(H,19,20). The number of nitrogens with zero attached hydrogens (tertiary/aromatic N) is 3. The first-order valence-electron chi connectivity index (χ1n) is 6.24. The minimum absolute atomic E-state index is 0.0660. The lowest BCUT2D eigenvalue weighted by Gasteiger charge is -2.27. The average Bonchev–Trinajstić information content (AvgIpc) is 3.02. The molecule has 0 radical (unpaired) electrons. The van der Waals surface area contributed by atoms with Gasteiger partial charge >= 0.3 is 5.97 Å². The zero-order valence-corrected chi connectivity index (χ0v) is 12.3. The number of rotatable bonds is 5. The van der Waals surface area contributed by atoms with Crippen LogP contribution in [0, 0.1) is 0 Å². The van der Waals surface area contributed by atoms with Crippen LogP contribution in [-0.2, 0) is 5.54 Å². The molecule has 2 heterocycles. The van der Waals surface area contributed by atoms with Crippen LogP contribution in [0.4, 0.5) is 0 Å². The molecular weight excluding hydrogens is 292 g/mol. The molecule has 0 spiro atoms. The molecule has 1 unspecified atom stereocenters. The third-order valence-electron chi connectivity index (χ3n) is 3.10. The lowest BCUT2D eigenvalue weighted by molar-refractivity contribution is 0.0688. The first-order valence-corrected chi connectivity index (χ1v) is 7.12. The lowest BCUT2D eigenvalue weighted by Crippen LogP contribution is -2.43. The van der Waals surface area contributed by atoms with E-state index in [0.717, 1.165) is 17.4 Å². The quantitative estimate of drug-likeness (QED) is 0.871. The van der Waals surface area contributed by atoms with Gasteiger partial charge in [-0.15, -0.1) is 11.3 Å². The third kappa shape index (κ3) is 3.22. The largest absolute Gasteiger partial charge is 0.476 e. The highest BCUT2D eigenvalue weighted by atomic mass is 32.1. The minimum atomic E-state index is -1.18. The monoisotopic (exact) mass is 306 g/mol. The molecule has 0 aliphatic rings. The first kappa shape index (κ1) is 15.0. The second-order valence-electron chi connectivity index (χ2n) is 4.57. The van der Waals surface area contributed by atoms with Crippen molar-refractivity contribution in [3.05, 3.63) is 40.4 Å².